The Morgan fingerprint density at radius 1 is 1.50 bits per heavy atom. The molecule has 0 heterocycles. The molecular formula is C8H15NO. The van der Waals surface area contributed by atoms with Crippen molar-refractivity contribution in [3.05, 3.63) is 0 Å². The summed E-state index contributed by atoms with van der Waals surface area (Å²) in [5.74, 6) is 0.880. The normalized spacial score (nSPS) is 26.5. The molecule has 0 saturated heterocycles. The lowest BCUT2D eigenvalue weighted by molar-refractivity contribution is 0.309. The Labute approximate surface area is 61.9 Å². The molecule has 0 aromatic carbocycles. The minimum Gasteiger partial charge on any atom is -0.411 e. The van der Waals surface area contributed by atoms with E-state index in [1.807, 2.05) is 0 Å². The summed E-state index contributed by atoms with van der Waals surface area (Å²) < 4.78 is 0. The van der Waals surface area contributed by atoms with E-state index in [0.717, 1.165) is 24.5 Å². The highest BCUT2D eigenvalue weighted by atomic mass is 16.4. The third kappa shape index (κ3) is 1.72. The fourth-order valence-corrected chi connectivity index (χ4v) is 1.52. The Bertz CT molecular complexity index is 121. The maximum absolute atomic E-state index is 8.44. The van der Waals surface area contributed by atoms with Crippen LogP contribution in [0.3, 0.4) is 0 Å². The minimum absolute atomic E-state index is 0.880. The van der Waals surface area contributed by atoms with Gasteiger partial charge in [-0.2, -0.15) is 0 Å². The van der Waals surface area contributed by atoms with E-state index in [9.17, 15) is 0 Å². The summed E-state index contributed by atoms with van der Waals surface area (Å²) in [6, 6.07) is 0. The molecule has 0 aromatic rings. The lowest BCUT2D eigenvalue weighted by Crippen LogP contribution is -2.13. The van der Waals surface area contributed by atoms with Crippen LogP contribution in [0.25, 0.3) is 0 Å². The van der Waals surface area contributed by atoms with E-state index in [1.165, 1.54) is 19.3 Å². The van der Waals surface area contributed by atoms with E-state index in [-0.39, 0.29) is 0 Å². The second kappa shape index (κ2) is 3.59. The first kappa shape index (κ1) is 7.58. The van der Waals surface area contributed by atoms with Gasteiger partial charge in [-0.05, 0) is 31.6 Å². The lowest BCUT2D eigenvalue weighted by atomic mass is 9.86. The van der Waals surface area contributed by atoms with Crippen molar-refractivity contribution in [3.8, 4) is 0 Å². The van der Waals surface area contributed by atoms with Crippen LogP contribution in [0.15, 0.2) is 5.16 Å². The van der Waals surface area contributed by atoms with Crippen molar-refractivity contribution in [3.63, 3.8) is 0 Å². The Morgan fingerprint density at radius 3 is 2.50 bits per heavy atom. The number of hydrogen-bond donors (Lipinski definition) is 1. The van der Waals surface area contributed by atoms with E-state index < -0.39 is 0 Å². The van der Waals surface area contributed by atoms with Gasteiger partial charge in [0.05, 0.1) is 5.71 Å². The molecular weight excluding hydrogens is 126 g/mol. The second-order valence-electron chi connectivity index (χ2n) is 3.02. The third-order valence-electron chi connectivity index (χ3n) is 2.40. The van der Waals surface area contributed by atoms with Crippen molar-refractivity contribution < 1.29 is 5.21 Å². The van der Waals surface area contributed by atoms with Crippen molar-refractivity contribution in [2.45, 2.75) is 39.0 Å². The van der Waals surface area contributed by atoms with Crippen LogP contribution in [0.5, 0.6) is 0 Å². The molecule has 0 amide bonds. The van der Waals surface area contributed by atoms with Crippen molar-refractivity contribution in [1.82, 2.24) is 0 Å². The van der Waals surface area contributed by atoms with Gasteiger partial charge in [0.25, 0.3) is 0 Å². The van der Waals surface area contributed by atoms with Crippen LogP contribution in [0.4, 0.5) is 0 Å². The summed E-state index contributed by atoms with van der Waals surface area (Å²) in [7, 11) is 0. The third-order valence-corrected chi connectivity index (χ3v) is 2.40. The SMILES string of the molecule is CCC1CCC(=NO)CC1. The van der Waals surface area contributed by atoms with Gasteiger partial charge in [-0.1, -0.05) is 18.5 Å². The first-order chi connectivity index (χ1) is 4.86. The van der Waals surface area contributed by atoms with E-state index >= 15 is 0 Å². The predicted molar refractivity (Wildman–Crippen MR) is 41.5 cm³/mol. The molecule has 2 nitrogen and oxygen atoms in total. The highest BCUT2D eigenvalue weighted by Crippen LogP contribution is 2.24. The number of hydrogen-bond acceptors (Lipinski definition) is 2. The fourth-order valence-electron chi connectivity index (χ4n) is 1.52. The summed E-state index contributed by atoms with van der Waals surface area (Å²) in [4.78, 5) is 0. The van der Waals surface area contributed by atoms with Gasteiger partial charge < -0.3 is 5.21 Å². The zero-order chi connectivity index (χ0) is 7.40. The summed E-state index contributed by atoms with van der Waals surface area (Å²) in [5, 5.41) is 11.7. The summed E-state index contributed by atoms with van der Waals surface area (Å²) in [6.07, 6.45) is 5.73. The summed E-state index contributed by atoms with van der Waals surface area (Å²) in [6.45, 7) is 2.23. The average molecular weight is 141 g/mol. The molecule has 0 radical (unpaired) electrons. The number of nitrogens with zero attached hydrogens (tertiary/aromatic N) is 1. The van der Waals surface area contributed by atoms with E-state index in [2.05, 4.69) is 12.1 Å². The van der Waals surface area contributed by atoms with Crippen LogP contribution < -0.4 is 0 Å². The molecule has 0 spiro atoms. The largest absolute Gasteiger partial charge is 0.411 e. The molecule has 0 atom stereocenters. The maximum atomic E-state index is 8.44. The summed E-state index contributed by atoms with van der Waals surface area (Å²) >= 11 is 0. The van der Waals surface area contributed by atoms with Gasteiger partial charge in [0, 0.05) is 0 Å². The molecule has 1 rings (SSSR count). The number of oxime groups is 1. The van der Waals surface area contributed by atoms with E-state index in [0.29, 0.717) is 0 Å². The van der Waals surface area contributed by atoms with Crippen molar-refractivity contribution in [2.75, 3.05) is 0 Å². The highest BCUT2D eigenvalue weighted by molar-refractivity contribution is 5.84. The monoisotopic (exact) mass is 141 g/mol. The van der Waals surface area contributed by atoms with Gasteiger partial charge in [-0.25, -0.2) is 0 Å². The molecule has 58 valence electrons. The molecule has 1 aliphatic carbocycles. The quantitative estimate of drug-likeness (QED) is 0.441. The lowest BCUT2D eigenvalue weighted by Gasteiger charge is -2.20. The molecule has 1 aliphatic rings. The predicted octanol–water partition coefficient (Wildman–Crippen LogP) is 2.42. The molecule has 0 bridgehead atoms. The van der Waals surface area contributed by atoms with Crippen molar-refractivity contribution >= 4 is 5.71 Å². The van der Waals surface area contributed by atoms with Gasteiger partial charge in [0.15, 0.2) is 0 Å². The van der Waals surface area contributed by atoms with Crippen LogP contribution >= 0.6 is 0 Å². The zero-order valence-electron chi connectivity index (χ0n) is 6.51. The number of rotatable bonds is 1. The average Bonchev–Trinajstić information content (AvgIpc) is 2.05. The van der Waals surface area contributed by atoms with Gasteiger partial charge in [0.1, 0.15) is 0 Å². The van der Waals surface area contributed by atoms with Crippen LogP contribution in [0.1, 0.15) is 39.0 Å². The van der Waals surface area contributed by atoms with E-state index in [1.54, 1.807) is 0 Å². The van der Waals surface area contributed by atoms with Crippen LogP contribution in [0.2, 0.25) is 0 Å². The Hall–Kier alpha value is -0.530. The molecule has 0 unspecified atom stereocenters. The van der Waals surface area contributed by atoms with Gasteiger partial charge in [0.2, 0.25) is 0 Å². The first-order valence-electron chi connectivity index (χ1n) is 4.06. The molecule has 2 heteroatoms. The molecule has 1 saturated carbocycles. The Kier molecular flexibility index (Phi) is 2.72. The Morgan fingerprint density at radius 2 is 2.10 bits per heavy atom. The van der Waals surface area contributed by atoms with Crippen LogP contribution in [-0.2, 0) is 0 Å². The molecule has 1 N–H and O–H groups in total. The maximum Gasteiger partial charge on any atom is 0.0571 e. The zero-order valence-corrected chi connectivity index (χ0v) is 6.51. The van der Waals surface area contributed by atoms with Crippen molar-refractivity contribution in [1.29, 1.82) is 0 Å². The van der Waals surface area contributed by atoms with Gasteiger partial charge >= 0.3 is 0 Å². The molecule has 10 heavy (non-hydrogen) atoms. The van der Waals surface area contributed by atoms with Crippen LogP contribution in [-0.4, -0.2) is 10.9 Å². The Balaban J connectivity index is 2.31. The van der Waals surface area contributed by atoms with Crippen molar-refractivity contribution in [2.24, 2.45) is 11.1 Å². The summed E-state index contributed by atoms with van der Waals surface area (Å²) in [5.41, 5.74) is 0.990. The molecule has 1 fully saturated rings. The topological polar surface area (TPSA) is 32.6 Å². The highest BCUT2D eigenvalue weighted by Gasteiger charge is 2.15. The van der Waals surface area contributed by atoms with Gasteiger partial charge in [-0.15, -0.1) is 0 Å². The fraction of sp³-hybridized carbons (Fsp3) is 0.875. The van der Waals surface area contributed by atoms with E-state index in [4.69, 9.17) is 5.21 Å². The molecule has 0 aromatic heterocycles. The van der Waals surface area contributed by atoms with Gasteiger partial charge in [-0.3, -0.25) is 0 Å². The smallest absolute Gasteiger partial charge is 0.0571 e. The molecule has 0 aliphatic heterocycles. The second-order valence-corrected chi connectivity index (χ2v) is 3.02. The first-order valence-corrected chi connectivity index (χ1v) is 4.06. The standard InChI is InChI=1S/C8H15NO/c1-2-7-3-5-8(9-10)6-4-7/h7,10H,2-6H2,1H3. The minimum atomic E-state index is 0.880. The van der Waals surface area contributed by atoms with Crippen LogP contribution in [0, 0.1) is 5.92 Å².